The molecule has 0 amide bonds. The maximum absolute atomic E-state index is 11.7. The minimum absolute atomic E-state index is 0. The molecule has 1 atom stereocenters. The molecule has 26 heavy (non-hydrogen) atoms. The standard InChI is InChI=1S/C18H15BrClN3O2.ClH/c19-14-7-15-16(23-18(25)17(24)22-15)13-8-21-11(6-12(13)14)5-9-2-1-3-10(20)4-9;/h1-4,7,11,21H,5-6,8H2,(H,22,24)(H,23,25);1H. The van der Waals surface area contributed by atoms with E-state index in [0.717, 1.165) is 33.5 Å². The summed E-state index contributed by atoms with van der Waals surface area (Å²) >= 11 is 9.68. The highest BCUT2D eigenvalue weighted by Crippen LogP contribution is 2.31. The Labute approximate surface area is 168 Å². The molecule has 0 aliphatic carbocycles. The third-order valence-electron chi connectivity index (χ3n) is 4.58. The van der Waals surface area contributed by atoms with Gasteiger partial charge in [-0.25, -0.2) is 0 Å². The van der Waals surface area contributed by atoms with Gasteiger partial charge in [0.2, 0.25) is 0 Å². The number of halogens is 3. The Kier molecular flexibility index (Phi) is 5.58. The van der Waals surface area contributed by atoms with Crippen LogP contribution in [0.1, 0.15) is 16.7 Å². The maximum atomic E-state index is 11.7. The molecule has 0 fully saturated rings. The van der Waals surface area contributed by atoms with Crippen molar-refractivity contribution >= 4 is 51.0 Å². The molecule has 1 unspecified atom stereocenters. The normalized spacial score (nSPS) is 16.2. The Morgan fingerprint density at radius 1 is 1.12 bits per heavy atom. The molecule has 4 rings (SSSR count). The van der Waals surface area contributed by atoms with Gasteiger partial charge in [0.05, 0.1) is 11.0 Å². The van der Waals surface area contributed by atoms with Crippen molar-refractivity contribution in [3.05, 3.63) is 77.2 Å². The zero-order valence-electron chi connectivity index (χ0n) is 13.6. The van der Waals surface area contributed by atoms with Gasteiger partial charge < -0.3 is 15.3 Å². The minimum atomic E-state index is -0.637. The number of hydrogen-bond donors (Lipinski definition) is 3. The van der Waals surface area contributed by atoms with E-state index in [2.05, 4.69) is 37.3 Å². The highest BCUT2D eigenvalue weighted by Gasteiger charge is 2.23. The van der Waals surface area contributed by atoms with E-state index in [1.807, 2.05) is 24.3 Å². The molecule has 3 N–H and O–H groups in total. The quantitative estimate of drug-likeness (QED) is 0.517. The molecule has 136 valence electrons. The third kappa shape index (κ3) is 3.60. The van der Waals surface area contributed by atoms with Crippen LogP contribution in [0.25, 0.3) is 11.0 Å². The summed E-state index contributed by atoms with van der Waals surface area (Å²) in [4.78, 5) is 28.6. The Morgan fingerprint density at radius 2 is 1.88 bits per heavy atom. The number of benzene rings is 2. The van der Waals surface area contributed by atoms with Crippen molar-refractivity contribution in [3.63, 3.8) is 0 Å². The molecule has 8 heteroatoms. The van der Waals surface area contributed by atoms with E-state index in [-0.39, 0.29) is 18.4 Å². The molecular formula is C18H16BrCl2N3O2. The van der Waals surface area contributed by atoms with Crippen LogP contribution in [0.2, 0.25) is 5.02 Å². The maximum Gasteiger partial charge on any atom is 0.314 e. The van der Waals surface area contributed by atoms with Crippen molar-refractivity contribution < 1.29 is 0 Å². The highest BCUT2D eigenvalue weighted by atomic mass is 79.9. The van der Waals surface area contributed by atoms with Gasteiger partial charge in [-0.2, -0.15) is 0 Å². The largest absolute Gasteiger partial charge is 0.316 e. The van der Waals surface area contributed by atoms with Gasteiger partial charge in [-0.3, -0.25) is 9.59 Å². The van der Waals surface area contributed by atoms with Crippen molar-refractivity contribution in [2.75, 3.05) is 0 Å². The van der Waals surface area contributed by atoms with Gasteiger partial charge in [0.1, 0.15) is 0 Å². The molecule has 2 aromatic carbocycles. The predicted molar refractivity (Wildman–Crippen MR) is 110 cm³/mol. The number of rotatable bonds is 2. The molecule has 3 aromatic rings. The lowest BCUT2D eigenvalue weighted by Crippen LogP contribution is -2.38. The molecule has 0 saturated heterocycles. The lowest BCUT2D eigenvalue weighted by Gasteiger charge is -2.28. The van der Waals surface area contributed by atoms with Gasteiger partial charge in [-0.15, -0.1) is 12.4 Å². The fourth-order valence-corrected chi connectivity index (χ4v) is 4.25. The topological polar surface area (TPSA) is 77.8 Å². The van der Waals surface area contributed by atoms with Crippen molar-refractivity contribution in [3.8, 4) is 0 Å². The van der Waals surface area contributed by atoms with E-state index in [4.69, 9.17) is 11.6 Å². The molecule has 0 spiro atoms. The zero-order valence-corrected chi connectivity index (χ0v) is 16.7. The average molecular weight is 457 g/mol. The molecule has 0 radical (unpaired) electrons. The van der Waals surface area contributed by atoms with Gasteiger partial charge >= 0.3 is 11.1 Å². The summed E-state index contributed by atoms with van der Waals surface area (Å²) in [5.41, 5.74) is 3.41. The van der Waals surface area contributed by atoms with E-state index in [9.17, 15) is 9.59 Å². The fourth-order valence-electron chi connectivity index (χ4n) is 3.41. The Morgan fingerprint density at radius 3 is 2.65 bits per heavy atom. The van der Waals surface area contributed by atoms with Gasteiger partial charge in [0, 0.05) is 22.1 Å². The van der Waals surface area contributed by atoms with Crippen molar-refractivity contribution in [2.45, 2.75) is 25.4 Å². The lowest BCUT2D eigenvalue weighted by atomic mass is 9.91. The molecule has 1 aliphatic heterocycles. The first-order valence-electron chi connectivity index (χ1n) is 7.95. The van der Waals surface area contributed by atoms with Crippen LogP contribution in [0.4, 0.5) is 0 Å². The van der Waals surface area contributed by atoms with Crippen LogP contribution in [0, 0.1) is 0 Å². The molecule has 1 aromatic heterocycles. The molecular weight excluding hydrogens is 441 g/mol. The predicted octanol–water partition coefficient (Wildman–Crippen LogP) is 3.31. The van der Waals surface area contributed by atoms with Crippen LogP contribution in [-0.2, 0) is 19.4 Å². The Balaban J connectivity index is 0.00000196. The minimum Gasteiger partial charge on any atom is -0.316 e. The lowest BCUT2D eigenvalue weighted by molar-refractivity contribution is 0.477. The number of fused-ring (bicyclic) bond motifs is 3. The van der Waals surface area contributed by atoms with Gasteiger partial charge in [-0.05, 0) is 47.7 Å². The van der Waals surface area contributed by atoms with Gasteiger partial charge in [0.15, 0.2) is 0 Å². The molecule has 2 heterocycles. The summed E-state index contributed by atoms with van der Waals surface area (Å²) in [7, 11) is 0. The van der Waals surface area contributed by atoms with Crippen molar-refractivity contribution in [2.24, 2.45) is 0 Å². The van der Waals surface area contributed by atoms with Gasteiger partial charge in [-0.1, -0.05) is 39.7 Å². The third-order valence-corrected chi connectivity index (χ3v) is 5.52. The van der Waals surface area contributed by atoms with E-state index >= 15 is 0 Å². The van der Waals surface area contributed by atoms with Crippen molar-refractivity contribution in [1.82, 2.24) is 15.3 Å². The second kappa shape index (κ2) is 7.56. The second-order valence-electron chi connectivity index (χ2n) is 6.26. The first-order valence-corrected chi connectivity index (χ1v) is 9.13. The summed E-state index contributed by atoms with van der Waals surface area (Å²) < 4.78 is 0.940. The van der Waals surface area contributed by atoms with E-state index in [1.54, 1.807) is 0 Å². The smallest absolute Gasteiger partial charge is 0.314 e. The van der Waals surface area contributed by atoms with Crippen LogP contribution in [0.5, 0.6) is 0 Å². The molecule has 0 saturated carbocycles. The number of H-pyrrole nitrogens is 2. The molecule has 0 bridgehead atoms. The highest BCUT2D eigenvalue weighted by molar-refractivity contribution is 9.10. The number of hydrogen-bond acceptors (Lipinski definition) is 3. The second-order valence-corrected chi connectivity index (χ2v) is 7.55. The van der Waals surface area contributed by atoms with E-state index in [1.165, 1.54) is 5.56 Å². The van der Waals surface area contributed by atoms with Crippen LogP contribution < -0.4 is 16.4 Å². The fraction of sp³-hybridized carbons (Fsp3) is 0.222. The van der Waals surface area contributed by atoms with Crippen LogP contribution in [0.3, 0.4) is 0 Å². The van der Waals surface area contributed by atoms with Gasteiger partial charge in [0.25, 0.3) is 0 Å². The summed E-state index contributed by atoms with van der Waals surface area (Å²) in [6, 6.07) is 10.0. The van der Waals surface area contributed by atoms with Crippen molar-refractivity contribution in [1.29, 1.82) is 0 Å². The van der Waals surface area contributed by atoms with Crippen LogP contribution in [-0.4, -0.2) is 16.0 Å². The van der Waals surface area contributed by atoms with E-state index in [0.29, 0.717) is 17.6 Å². The Bertz CT molecular complexity index is 1090. The number of aromatic amines is 2. The average Bonchev–Trinajstić information content (AvgIpc) is 2.57. The molecule has 5 nitrogen and oxygen atoms in total. The van der Waals surface area contributed by atoms with Crippen LogP contribution >= 0.6 is 39.9 Å². The number of nitrogens with one attached hydrogen (secondary N) is 3. The Hall–Kier alpha value is -1.60. The van der Waals surface area contributed by atoms with Crippen LogP contribution in [0.15, 0.2) is 44.4 Å². The SMILES string of the molecule is Cl.O=c1[nH]c2cc(Br)c3c(c2[nH]c1=O)CNC(Cc1cccc(Cl)c1)C3. The first-order chi connectivity index (χ1) is 12.0. The van der Waals surface area contributed by atoms with E-state index < -0.39 is 11.1 Å². The summed E-state index contributed by atoms with van der Waals surface area (Å²) in [6.07, 6.45) is 1.69. The summed E-state index contributed by atoms with van der Waals surface area (Å²) in [6.45, 7) is 0.624. The number of aromatic nitrogens is 2. The molecule has 1 aliphatic rings. The first kappa shape index (κ1) is 19.2. The monoisotopic (exact) mass is 455 g/mol. The summed E-state index contributed by atoms with van der Waals surface area (Å²) in [5, 5.41) is 4.26. The zero-order chi connectivity index (χ0) is 17.6. The summed E-state index contributed by atoms with van der Waals surface area (Å²) in [5.74, 6) is 0.